The van der Waals surface area contributed by atoms with Crippen LogP contribution < -0.4 is 4.90 Å². The number of halogens is 3. The molecule has 0 saturated carbocycles. The Morgan fingerprint density at radius 1 is 0.946 bits per heavy atom. The van der Waals surface area contributed by atoms with E-state index in [9.17, 15) is 23.1 Å². The van der Waals surface area contributed by atoms with Crippen LogP contribution in [0.3, 0.4) is 0 Å². The van der Waals surface area contributed by atoms with Crippen LogP contribution in [-0.4, -0.2) is 70.3 Å². The maximum Gasteiger partial charge on any atom is 0.416 e. The SMILES string of the molecule is CCN(CC)C(=O)c1ccc(N2CCN(Cc3cc(-c4cccc(O)c4)cc(C(F)(F)F)c3)CC2)nn1. The monoisotopic (exact) mass is 513 g/mol. The second-order valence-electron chi connectivity index (χ2n) is 8.98. The lowest BCUT2D eigenvalue weighted by molar-refractivity contribution is -0.137. The number of rotatable bonds is 7. The number of amides is 1. The van der Waals surface area contributed by atoms with Crippen LogP contribution in [-0.2, 0) is 12.7 Å². The normalized spacial score (nSPS) is 14.6. The molecule has 1 saturated heterocycles. The van der Waals surface area contributed by atoms with Gasteiger partial charge in [0.05, 0.1) is 5.56 Å². The van der Waals surface area contributed by atoms with E-state index in [1.807, 2.05) is 13.8 Å². The lowest BCUT2D eigenvalue weighted by Crippen LogP contribution is -2.46. The van der Waals surface area contributed by atoms with Crippen LogP contribution in [0.5, 0.6) is 5.75 Å². The van der Waals surface area contributed by atoms with Gasteiger partial charge in [-0.25, -0.2) is 0 Å². The Kier molecular flexibility index (Phi) is 7.97. The van der Waals surface area contributed by atoms with Gasteiger partial charge in [0.1, 0.15) is 5.75 Å². The first-order valence-electron chi connectivity index (χ1n) is 12.3. The molecule has 0 spiro atoms. The van der Waals surface area contributed by atoms with Gasteiger partial charge in [-0.15, -0.1) is 10.2 Å². The number of aromatic nitrogens is 2. The summed E-state index contributed by atoms with van der Waals surface area (Å²) >= 11 is 0. The number of phenols is 1. The lowest BCUT2D eigenvalue weighted by atomic mass is 9.99. The molecule has 0 bridgehead atoms. The number of carbonyl (C=O) groups is 1. The first kappa shape index (κ1) is 26.4. The van der Waals surface area contributed by atoms with E-state index < -0.39 is 11.7 Å². The molecule has 196 valence electrons. The molecule has 2 heterocycles. The molecule has 7 nitrogen and oxygen atoms in total. The minimum atomic E-state index is -4.47. The third kappa shape index (κ3) is 6.37. The molecule has 37 heavy (non-hydrogen) atoms. The van der Waals surface area contributed by atoms with E-state index in [1.54, 1.807) is 35.2 Å². The molecule has 10 heteroatoms. The summed E-state index contributed by atoms with van der Waals surface area (Å²) in [7, 11) is 0. The zero-order valence-corrected chi connectivity index (χ0v) is 20.9. The van der Waals surface area contributed by atoms with Crippen molar-refractivity contribution in [3.8, 4) is 16.9 Å². The summed E-state index contributed by atoms with van der Waals surface area (Å²) in [4.78, 5) is 18.3. The molecule has 0 atom stereocenters. The second kappa shape index (κ2) is 11.2. The Balaban J connectivity index is 1.43. The van der Waals surface area contributed by atoms with Crippen LogP contribution >= 0.6 is 0 Å². The highest BCUT2D eigenvalue weighted by Gasteiger charge is 2.31. The molecule has 1 amide bonds. The van der Waals surface area contributed by atoms with Crippen molar-refractivity contribution >= 4 is 11.7 Å². The highest BCUT2D eigenvalue weighted by molar-refractivity contribution is 5.92. The van der Waals surface area contributed by atoms with Gasteiger partial charge in [-0.2, -0.15) is 13.2 Å². The summed E-state index contributed by atoms with van der Waals surface area (Å²) in [6.07, 6.45) is -4.47. The molecule has 0 aliphatic carbocycles. The predicted molar refractivity (Wildman–Crippen MR) is 135 cm³/mol. The third-order valence-electron chi connectivity index (χ3n) is 6.52. The molecule has 1 aromatic heterocycles. The van der Waals surface area contributed by atoms with E-state index in [0.717, 1.165) is 6.07 Å². The smallest absolute Gasteiger partial charge is 0.416 e. The molecule has 4 rings (SSSR count). The average Bonchev–Trinajstić information content (AvgIpc) is 2.89. The average molecular weight is 514 g/mol. The van der Waals surface area contributed by atoms with Gasteiger partial charge in [-0.1, -0.05) is 12.1 Å². The van der Waals surface area contributed by atoms with Crippen molar-refractivity contribution in [1.82, 2.24) is 20.0 Å². The third-order valence-corrected chi connectivity index (χ3v) is 6.52. The minimum absolute atomic E-state index is 0.00105. The zero-order chi connectivity index (χ0) is 26.6. The lowest BCUT2D eigenvalue weighted by Gasteiger charge is -2.35. The van der Waals surface area contributed by atoms with Gasteiger partial charge in [-0.05, 0) is 73.0 Å². The van der Waals surface area contributed by atoms with Gasteiger partial charge < -0.3 is 14.9 Å². The highest BCUT2D eigenvalue weighted by atomic mass is 19.4. The minimum Gasteiger partial charge on any atom is -0.508 e. The van der Waals surface area contributed by atoms with Gasteiger partial charge in [0.15, 0.2) is 11.5 Å². The number of alkyl halides is 3. The highest BCUT2D eigenvalue weighted by Crippen LogP contribution is 2.34. The molecule has 1 fully saturated rings. The summed E-state index contributed by atoms with van der Waals surface area (Å²) in [6, 6.07) is 13.7. The molecule has 1 aliphatic rings. The van der Waals surface area contributed by atoms with E-state index >= 15 is 0 Å². The van der Waals surface area contributed by atoms with Crippen molar-refractivity contribution in [2.75, 3.05) is 44.2 Å². The van der Waals surface area contributed by atoms with Crippen LogP contribution in [0.2, 0.25) is 0 Å². The quantitative estimate of drug-likeness (QED) is 0.495. The largest absolute Gasteiger partial charge is 0.508 e. The van der Waals surface area contributed by atoms with Gasteiger partial charge in [-0.3, -0.25) is 9.69 Å². The number of carbonyl (C=O) groups excluding carboxylic acids is 1. The molecule has 1 aliphatic heterocycles. The number of benzene rings is 2. The van der Waals surface area contributed by atoms with Gasteiger partial charge in [0.2, 0.25) is 0 Å². The molecule has 0 radical (unpaired) electrons. The number of hydrogen-bond donors (Lipinski definition) is 1. The van der Waals surface area contributed by atoms with E-state index in [-0.39, 0.29) is 11.7 Å². The first-order chi connectivity index (χ1) is 17.7. The maximum atomic E-state index is 13.6. The van der Waals surface area contributed by atoms with Crippen molar-refractivity contribution < 1.29 is 23.1 Å². The Morgan fingerprint density at radius 2 is 1.68 bits per heavy atom. The van der Waals surface area contributed by atoms with Gasteiger partial charge >= 0.3 is 6.18 Å². The van der Waals surface area contributed by atoms with Crippen molar-refractivity contribution in [1.29, 1.82) is 0 Å². The first-order valence-corrected chi connectivity index (χ1v) is 12.3. The molecule has 0 unspecified atom stereocenters. The van der Waals surface area contributed by atoms with Crippen LogP contribution in [0.25, 0.3) is 11.1 Å². The zero-order valence-electron chi connectivity index (χ0n) is 20.9. The standard InChI is InChI=1S/C27H30F3N5O2/c1-3-34(4-2)26(37)24-8-9-25(32-31-24)35-12-10-33(11-13-35)18-19-14-21(16-22(15-19)27(28,29)30)20-6-5-7-23(36)17-20/h5-9,14-17,36H,3-4,10-13,18H2,1-2H3. The fraction of sp³-hybridized carbons (Fsp3) is 0.370. The Morgan fingerprint density at radius 3 is 2.27 bits per heavy atom. The second-order valence-corrected chi connectivity index (χ2v) is 8.98. The molecule has 3 aromatic rings. The molecular formula is C27H30F3N5O2. The van der Waals surface area contributed by atoms with Crippen LogP contribution in [0.1, 0.15) is 35.5 Å². The summed E-state index contributed by atoms with van der Waals surface area (Å²) in [5.41, 5.74) is 1.09. The van der Waals surface area contributed by atoms with E-state index in [1.165, 1.54) is 18.2 Å². The Hall–Kier alpha value is -3.66. The fourth-order valence-electron chi connectivity index (χ4n) is 4.47. The molecule has 2 aromatic carbocycles. The van der Waals surface area contributed by atoms with Crippen molar-refractivity contribution in [2.45, 2.75) is 26.6 Å². The number of anilines is 1. The maximum absolute atomic E-state index is 13.6. The van der Waals surface area contributed by atoms with Gasteiger partial charge in [0, 0.05) is 45.8 Å². The predicted octanol–water partition coefficient (Wildman–Crippen LogP) is 4.67. The van der Waals surface area contributed by atoms with Crippen LogP contribution in [0, 0.1) is 0 Å². The number of nitrogens with zero attached hydrogens (tertiary/aromatic N) is 5. The topological polar surface area (TPSA) is 72.8 Å². The van der Waals surface area contributed by atoms with Crippen LogP contribution in [0.15, 0.2) is 54.6 Å². The summed E-state index contributed by atoms with van der Waals surface area (Å²) in [5.74, 6) is 0.516. The summed E-state index contributed by atoms with van der Waals surface area (Å²) in [5, 5.41) is 18.1. The molecular weight excluding hydrogens is 483 g/mol. The number of piperazine rings is 1. The van der Waals surface area contributed by atoms with Crippen molar-refractivity contribution in [3.63, 3.8) is 0 Å². The van der Waals surface area contributed by atoms with Gasteiger partial charge in [0.25, 0.3) is 5.91 Å². The van der Waals surface area contributed by atoms with E-state index in [2.05, 4.69) is 20.0 Å². The number of aromatic hydroxyl groups is 1. The number of hydrogen-bond acceptors (Lipinski definition) is 6. The van der Waals surface area contributed by atoms with Crippen LogP contribution in [0.4, 0.5) is 19.0 Å². The Bertz CT molecular complexity index is 1220. The fourth-order valence-corrected chi connectivity index (χ4v) is 4.47. The van der Waals surface area contributed by atoms with Crippen molar-refractivity contribution in [3.05, 3.63) is 71.4 Å². The van der Waals surface area contributed by atoms with E-state index in [0.29, 0.717) is 74.0 Å². The van der Waals surface area contributed by atoms with E-state index in [4.69, 9.17) is 0 Å². The summed E-state index contributed by atoms with van der Waals surface area (Å²) < 4.78 is 40.9. The van der Waals surface area contributed by atoms with Crippen molar-refractivity contribution in [2.24, 2.45) is 0 Å². The Labute approximate surface area is 214 Å². The summed E-state index contributed by atoms with van der Waals surface area (Å²) in [6.45, 7) is 7.94. The number of phenolic OH excluding ortho intramolecular Hbond substituents is 1. The molecule has 1 N–H and O–H groups in total.